The van der Waals surface area contributed by atoms with Crippen molar-refractivity contribution in [2.45, 2.75) is 51.2 Å². The number of hydrogen-bond donors (Lipinski definition) is 0. The van der Waals surface area contributed by atoms with Crippen LogP contribution in [0.15, 0.2) is 36.5 Å². The summed E-state index contributed by atoms with van der Waals surface area (Å²) in [6, 6.07) is 8.08. The maximum atomic E-state index is 13.4. The first kappa shape index (κ1) is 18.2. The van der Waals surface area contributed by atoms with Gasteiger partial charge in [0.1, 0.15) is 5.82 Å². The van der Waals surface area contributed by atoms with Crippen molar-refractivity contribution in [1.82, 2.24) is 14.7 Å². The maximum absolute atomic E-state index is 13.4. The minimum Gasteiger partial charge on any atom is -0.378 e. The number of carbonyl (C=O) groups is 1. The van der Waals surface area contributed by atoms with Crippen molar-refractivity contribution in [3.05, 3.63) is 48.0 Å². The third-order valence-corrected chi connectivity index (χ3v) is 6.31. The number of carbonyl (C=O) groups excluding carboxylic acids is 1. The van der Waals surface area contributed by atoms with E-state index in [1.807, 2.05) is 18.9 Å². The van der Waals surface area contributed by atoms with E-state index in [1.165, 1.54) is 25.0 Å². The normalized spacial score (nSPS) is 23.4. The Kier molecular flexibility index (Phi) is 4.76. The number of hydrogen-bond acceptors (Lipinski definition) is 3. The summed E-state index contributed by atoms with van der Waals surface area (Å²) in [5.41, 5.74) is 1.09. The Morgan fingerprint density at radius 3 is 2.85 bits per heavy atom. The van der Waals surface area contributed by atoms with Gasteiger partial charge in [-0.25, -0.2) is 9.07 Å². The highest BCUT2D eigenvalue weighted by Gasteiger charge is 2.58. The van der Waals surface area contributed by atoms with Gasteiger partial charge < -0.3 is 9.64 Å². The van der Waals surface area contributed by atoms with Gasteiger partial charge in [0.25, 0.3) is 5.91 Å². The van der Waals surface area contributed by atoms with E-state index in [1.54, 1.807) is 29.1 Å². The van der Waals surface area contributed by atoms with Crippen molar-refractivity contribution in [2.24, 2.45) is 5.41 Å². The Balaban J connectivity index is 1.52. The van der Waals surface area contributed by atoms with Crippen LogP contribution in [0.4, 0.5) is 4.39 Å². The lowest BCUT2D eigenvalue weighted by atomic mass is 9.60. The van der Waals surface area contributed by atoms with Crippen molar-refractivity contribution < 1.29 is 13.9 Å². The Labute approximate surface area is 159 Å². The summed E-state index contributed by atoms with van der Waals surface area (Å²) < 4.78 is 20.9. The number of benzene rings is 1. The minimum atomic E-state index is -0.326. The minimum absolute atomic E-state index is 0.0867. The van der Waals surface area contributed by atoms with E-state index < -0.39 is 0 Å². The van der Waals surface area contributed by atoms with E-state index in [-0.39, 0.29) is 29.3 Å². The van der Waals surface area contributed by atoms with Gasteiger partial charge in [-0.15, -0.1) is 0 Å². The van der Waals surface area contributed by atoms with E-state index in [0.717, 1.165) is 25.9 Å². The monoisotopic (exact) mass is 371 g/mol. The SMILES string of the molecule is CCO[C@@H]1C[C@@H](N(C)C(=O)c2ccn(-c3cccc(F)c3)n2)C12CCCC2. The first-order chi connectivity index (χ1) is 13.0. The molecule has 27 heavy (non-hydrogen) atoms. The lowest BCUT2D eigenvalue weighted by Crippen LogP contribution is -2.64. The molecule has 1 heterocycles. The fraction of sp³-hybridized carbons (Fsp3) is 0.524. The molecule has 0 bridgehead atoms. The second kappa shape index (κ2) is 7.08. The average molecular weight is 371 g/mol. The quantitative estimate of drug-likeness (QED) is 0.803. The maximum Gasteiger partial charge on any atom is 0.274 e. The number of halogens is 1. The molecule has 1 aromatic heterocycles. The van der Waals surface area contributed by atoms with E-state index in [4.69, 9.17) is 4.74 Å². The van der Waals surface area contributed by atoms with Crippen LogP contribution in [-0.4, -0.2) is 46.4 Å². The highest BCUT2D eigenvalue weighted by atomic mass is 19.1. The Hall–Kier alpha value is -2.21. The molecule has 2 aliphatic carbocycles. The van der Waals surface area contributed by atoms with E-state index >= 15 is 0 Å². The van der Waals surface area contributed by atoms with Gasteiger partial charge in [0, 0.05) is 31.3 Å². The van der Waals surface area contributed by atoms with Crippen molar-refractivity contribution >= 4 is 5.91 Å². The third-order valence-electron chi connectivity index (χ3n) is 6.31. The molecule has 144 valence electrons. The fourth-order valence-electron chi connectivity index (χ4n) is 4.92. The smallest absolute Gasteiger partial charge is 0.274 e. The number of nitrogens with zero attached hydrogens (tertiary/aromatic N) is 3. The topological polar surface area (TPSA) is 47.4 Å². The van der Waals surface area contributed by atoms with Gasteiger partial charge in [0.2, 0.25) is 0 Å². The summed E-state index contributed by atoms with van der Waals surface area (Å²) in [5, 5.41) is 4.38. The van der Waals surface area contributed by atoms with E-state index in [9.17, 15) is 9.18 Å². The highest BCUT2D eigenvalue weighted by Crippen LogP contribution is 2.56. The van der Waals surface area contributed by atoms with Crippen LogP contribution in [0.25, 0.3) is 5.69 Å². The second-order valence-electron chi connectivity index (χ2n) is 7.68. The molecule has 2 atom stereocenters. The van der Waals surface area contributed by atoms with Crippen LogP contribution >= 0.6 is 0 Å². The predicted molar refractivity (Wildman–Crippen MR) is 100 cm³/mol. The van der Waals surface area contributed by atoms with Crippen LogP contribution in [0.3, 0.4) is 0 Å². The average Bonchev–Trinajstić information content (AvgIpc) is 3.35. The molecule has 1 spiro atoms. The molecule has 0 saturated heterocycles. The molecule has 0 unspecified atom stereocenters. The number of aromatic nitrogens is 2. The van der Waals surface area contributed by atoms with Gasteiger partial charge in [-0.05, 0) is 50.5 Å². The highest BCUT2D eigenvalue weighted by molar-refractivity contribution is 5.92. The Morgan fingerprint density at radius 1 is 1.37 bits per heavy atom. The zero-order chi connectivity index (χ0) is 19.0. The summed E-state index contributed by atoms with van der Waals surface area (Å²) in [7, 11) is 1.87. The summed E-state index contributed by atoms with van der Waals surface area (Å²) >= 11 is 0. The van der Waals surface area contributed by atoms with Gasteiger partial charge >= 0.3 is 0 Å². The van der Waals surface area contributed by atoms with Crippen LogP contribution in [0, 0.1) is 11.2 Å². The first-order valence-electron chi connectivity index (χ1n) is 9.75. The molecule has 0 aliphatic heterocycles. The number of ether oxygens (including phenoxy) is 1. The summed E-state index contributed by atoms with van der Waals surface area (Å²) in [5.74, 6) is -0.413. The van der Waals surface area contributed by atoms with Crippen LogP contribution in [-0.2, 0) is 4.74 Å². The van der Waals surface area contributed by atoms with Gasteiger partial charge in [0.15, 0.2) is 5.69 Å². The molecule has 2 aromatic rings. The van der Waals surface area contributed by atoms with Crippen molar-refractivity contribution in [2.75, 3.05) is 13.7 Å². The molecule has 0 radical (unpaired) electrons. The Morgan fingerprint density at radius 2 is 2.15 bits per heavy atom. The fourth-order valence-corrected chi connectivity index (χ4v) is 4.92. The van der Waals surface area contributed by atoms with E-state index in [0.29, 0.717) is 11.4 Å². The van der Waals surface area contributed by atoms with Crippen LogP contribution in [0.1, 0.15) is 49.5 Å². The van der Waals surface area contributed by atoms with E-state index in [2.05, 4.69) is 5.10 Å². The third kappa shape index (κ3) is 3.06. The number of rotatable bonds is 5. The first-order valence-corrected chi connectivity index (χ1v) is 9.75. The molecule has 1 aromatic carbocycles. The van der Waals surface area contributed by atoms with Crippen LogP contribution in [0.5, 0.6) is 0 Å². The molecule has 4 rings (SSSR count). The van der Waals surface area contributed by atoms with Gasteiger partial charge in [-0.2, -0.15) is 5.10 Å². The predicted octanol–water partition coefficient (Wildman–Crippen LogP) is 3.82. The molecule has 1 amide bonds. The zero-order valence-electron chi connectivity index (χ0n) is 15.9. The van der Waals surface area contributed by atoms with Crippen molar-refractivity contribution in [3.63, 3.8) is 0 Å². The lowest BCUT2D eigenvalue weighted by Gasteiger charge is -2.56. The van der Waals surface area contributed by atoms with Gasteiger partial charge in [0.05, 0.1) is 11.8 Å². The molecular formula is C21H26FN3O2. The zero-order valence-corrected chi connectivity index (χ0v) is 15.9. The standard InChI is InChI=1S/C21H26FN3O2/c1-3-27-19-14-18(21(19)10-4-5-11-21)24(2)20(26)17-9-12-25(23-17)16-8-6-7-15(22)13-16/h6-9,12-13,18-19H,3-5,10-11,14H2,1-2H3/t18-,19-/m1/s1. The summed E-state index contributed by atoms with van der Waals surface area (Å²) in [6.07, 6.45) is 7.50. The summed E-state index contributed by atoms with van der Waals surface area (Å²) in [4.78, 5) is 14.9. The van der Waals surface area contributed by atoms with Gasteiger partial charge in [-0.3, -0.25) is 4.79 Å². The van der Waals surface area contributed by atoms with Crippen molar-refractivity contribution in [3.8, 4) is 5.69 Å². The second-order valence-corrected chi connectivity index (χ2v) is 7.68. The summed E-state index contributed by atoms with van der Waals surface area (Å²) in [6.45, 7) is 2.75. The molecular weight excluding hydrogens is 345 g/mol. The van der Waals surface area contributed by atoms with Crippen molar-refractivity contribution in [1.29, 1.82) is 0 Å². The van der Waals surface area contributed by atoms with Crippen LogP contribution in [0.2, 0.25) is 0 Å². The largest absolute Gasteiger partial charge is 0.378 e. The Bertz CT molecular complexity index is 828. The molecule has 2 aliphatic rings. The molecule has 6 heteroatoms. The number of amides is 1. The molecule has 2 saturated carbocycles. The van der Waals surface area contributed by atoms with Crippen LogP contribution < -0.4 is 0 Å². The molecule has 5 nitrogen and oxygen atoms in total. The molecule has 0 N–H and O–H groups in total. The molecule has 2 fully saturated rings. The van der Waals surface area contributed by atoms with Gasteiger partial charge in [-0.1, -0.05) is 18.9 Å². The lowest BCUT2D eigenvalue weighted by molar-refractivity contribution is -0.152.